The van der Waals surface area contributed by atoms with E-state index in [9.17, 15) is 8.42 Å². The Morgan fingerprint density at radius 3 is 2.45 bits per heavy atom. The molecular formula is C12H22ClN3O2S2. The Morgan fingerprint density at radius 2 is 2.00 bits per heavy atom. The van der Waals surface area contributed by atoms with E-state index in [4.69, 9.17) is 5.73 Å². The molecule has 0 bridgehead atoms. The van der Waals surface area contributed by atoms with Crippen molar-refractivity contribution in [2.24, 2.45) is 11.1 Å². The molecule has 5 nitrogen and oxygen atoms in total. The molecule has 1 saturated heterocycles. The van der Waals surface area contributed by atoms with Crippen LogP contribution in [0.15, 0.2) is 4.21 Å². The van der Waals surface area contributed by atoms with Crippen LogP contribution in [0.2, 0.25) is 0 Å². The first kappa shape index (κ1) is 17.8. The summed E-state index contributed by atoms with van der Waals surface area (Å²) in [5.41, 5.74) is 6.46. The summed E-state index contributed by atoms with van der Waals surface area (Å²) in [5.74, 6) is 0. The highest BCUT2D eigenvalue weighted by molar-refractivity contribution is 7.91. The molecule has 1 aliphatic heterocycles. The highest BCUT2D eigenvalue weighted by Crippen LogP contribution is 2.33. The Balaban J connectivity index is 0.00000200. The van der Waals surface area contributed by atoms with Crippen molar-refractivity contribution in [3.63, 3.8) is 0 Å². The van der Waals surface area contributed by atoms with Crippen molar-refractivity contribution in [3.8, 4) is 0 Å². The van der Waals surface area contributed by atoms with Crippen LogP contribution in [0.5, 0.6) is 0 Å². The smallest absolute Gasteiger partial charge is 0.254 e. The van der Waals surface area contributed by atoms with E-state index in [1.165, 1.54) is 11.3 Å². The third kappa shape index (κ3) is 3.17. The number of thiazole rings is 1. The predicted octanol–water partition coefficient (Wildman–Crippen LogP) is 1.93. The van der Waals surface area contributed by atoms with Crippen LogP contribution in [0, 0.1) is 19.3 Å². The van der Waals surface area contributed by atoms with E-state index in [1.807, 2.05) is 20.8 Å². The first-order valence-electron chi connectivity index (χ1n) is 6.34. The lowest BCUT2D eigenvalue weighted by molar-refractivity contribution is 0.155. The van der Waals surface area contributed by atoms with Gasteiger partial charge in [-0.3, -0.25) is 0 Å². The number of hydrogen-bond donors (Lipinski definition) is 1. The summed E-state index contributed by atoms with van der Waals surface area (Å²) in [6.07, 6.45) is 0.697. The van der Waals surface area contributed by atoms with E-state index in [0.717, 1.165) is 5.01 Å². The number of nitrogens with two attached hydrogens (primary N) is 1. The molecule has 0 saturated carbocycles. The van der Waals surface area contributed by atoms with E-state index < -0.39 is 10.0 Å². The molecule has 1 aromatic rings. The Morgan fingerprint density at radius 1 is 1.40 bits per heavy atom. The summed E-state index contributed by atoms with van der Waals surface area (Å²) < 4.78 is 27.3. The minimum Gasteiger partial charge on any atom is -0.327 e. The summed E-state index contributed by atoms with van der Waals surface area (Å²) in [5, 5.41) is 0.782. The molecule has 20 heavy (non-hydrogen) atoms. The van der Waals surface area contributed by atoms with Gasteiger partial charge in [0, 0.05) is 19.1 Å². The van der Waals surface area contributed by atoms with Gasteiger partial charge in [0.05, 0.1) is 10.7 Å². The molecule has 2 rings (SSSR count). The molecule has 0 spiro atoms. The van der Waals surface area contributed by atoms with Crippen molar-refractivity contribution in [2.45, 2.75) is 44.4 Å². The van der Waals surface area contributed by atoms with Gasteiger partial charge in [0.15, 0.2) is 4.21 Å². The lowest BCUT2D eigenvalue weighted by Crippen LogP contribution is -2.53. The number of aromatic nitrogens is 1. The lowest BCUT2D eigenvalue weighted by Gasteiger charge is -2.41. The molecular weight excluding hydrogens is 318 g/mol. The fourth-order valence-electron chi connectivity index (χ4n) is 2.40. The summed E-state index contributed by atoms with van der Waals surface area (Å²) >= 11 is 1.24. The van der Waals surface area contributed by atoms with Gasteiger partial charge in [-0.2, -0.15) is 4.31 Å². The van der Waals surface area contributed by atoms with Crippen molar-refractivity contribution in [1.82, 2.24) is 9.29 Å². The second-order valence-electron chi connectivity index (χ2n) is 5.83. The van der Waals surface area contributed by atoms with Crippen LogP contribution >= 0.6 is 23.7 Å². The lowest BCUT2D eigenvalue weighted by atomic mass is 9.81. The molecule has 1 unspecified atom stereocenters. The quantitative estimate of drug-likeness (QED) is 0.893. The monoisotopic (exact) mass is 339 g/mol. The van der Waals surface area contributed by atoms with Crippen LogP contribution in [0.1, 0.15) is 31.0 Å². The molecule has 0 aliphatic carbocycles. The van der Waals surface area contributed by atoms with E-state index in [2.05, 4.69) is 4.98 Å². The third-order valence-electron chi connectivity index (χ3n) is 3.71. The van der Waals surface area contributed by atoms with E-state index in [1.54, 1.807) is 11.2 Å². The maximum atomic E-state index is 12.7. The van der Waals surface area contributed by atoms with Crippen LogP contribution in [-0.2, 0) is 10.0 Å². The maximum Gasteiger partial charge on any atom is 0.254 e. The maximum absolute atomic E-state index is 12.7. The topological polar surface area (TPSA) is 76.3 Å². The third-order valence-corrected chi connectivity index (χ3v) is 7.22. The Hall–Kier alpha value is -0.210. The van der Waals surface area contributed by atoms with Gasteiger partial charge in [-0.25, -0.2) is 13.4 Å². The number of aryl methyl sites for hydroxylation is 2. The largest absolute Gasteiger partial charge is 0.327 e. The highest BCUT2D eigenvalue weighted by Gasteiger charge is 2.39. The Labute approximate surface area is 131 Å². The van der Waals surface area contributed by atoms with Gasteiger partial charge in [0.2, 0.25) is 0 Å². The molecule has 1 aromatic heterocycles. The number of nitrogens with zero attached hydrogens (tertiary/aromatic N) is 2. The molecule has 1 aliphatic rings. The Kier molecular flexibility index (Phi) is 5.25. The predicted molar refractivity (Wildman–Crippen MR) is 84.0 cm³/mol. The van der Waals surface area contributed by atoms with Gasteiger partial charge in [-0.1, -0.05) is 13.8 Å². The normalized spacial score (nSPS) is 23.4. The van der Waals surface area contributed by atoms with Crippen molar-refractivity contribution >= 4 is 33.8 Å². The zero-order valence-electron chi connectivity index (χ0n) is 12.2. The van der Waals surface area contributed by atoms with Gasteiger partial charge in [-0.05, 0) is 25.7 Å². The fraction of sp³-hybridized carbons (Fsp3) is 0.750. The minimum atomic E-state index is -3.43. The summed E-state index contributed by atoms with van der Waals surface area (Å²) in [6.45, 7) is 8.56. The molecule has 0 aromatic carbocycles. The molecule has 8 heteroatoms. The van der Waals surface area contributed by atoms with Gasteiger partial charge >= 0.3 is 0 Å². The first-order valence-corrected chi connectivity index (χ1v) is 8.60. The number of rotatable bonds is 2. The van der Waals surface area contributed by atoms with Crippen molar-refractivity contribution in [1.29, 1.82) is 0 Å². The number of sulfonamides is 1. The van der Waals surface area contributed by atoms with Gasteiger partial charge in [0.1, 0.15) is 0 Å². The van der Waals surface area contributed by atoms with Crippen molar-refractivity contribution in [3.05, 3.63) is 10.7 Å². The zero-order chi connectivity index (χ0) is 14.4. The minimum absolute atomic E-state index is 0. The molecule has 2 N–H and O–H groups in total. The molecule has 2 heterocycles. The number of halogens is 1. The second-order valence-corrected chi connectivity index (χ2v) is 9.16. The van der Waals surface area contributed by atoms with Gasteiger partial charge in [-0.15, -0.1) is 23.7 Å². The Bertz CT molecular complexity index is 584. The van der Waals surface area contributed by atoms with Crippen LogP contribution in [0.25, 0.3) is 0 Å². The van der Waals surface area contributed by atoms with Crippen LogP contribution in [0.4, 0.5) is 0 Å². The van der Waals surface area contributed by atoms with Crippen molar-refractivity contribution in [2.75, 3.05) is 13.1 Å². The first-order chi connectivity index (χ1) is 8.64. The zero-order valence-corrected chi connectivity index (χ0v) is 14.7. The summed E-state index contributed by atoms with van der Waals surface area (Å²) in [6, 6.07) is 0.0447. The van der Waals surface area contributed by atoms with Crippen LogP contribution in [0.3, 0.4) is 0 Å². The summed E-state index contributed by atoms with van der Waals surface area (Å²) in [7, 11) is -3.43. The van der Waals surface area contributed by atoms with Crippen LogP contribution in [-0.4, -0.2) is 36.8 Å². The van der Waals surface area contributed by atoms with Gasteiger partial charge in [0.25, 0.3) is 10.0 Å². The average molecular weight is 340 g/mol. The number of hydrogen-bond acceptors (Lipinski definition) is 5. The molecule has 0 radical (unpaired) electrons. The molecule has 1 fully saturated rings. The second kappa shape index (κ2) is 5.88. The standard InChI is InChI=1S/C12H21N3O2S2.ClH/c1-8-11(18-9(2)14-8)19(16,17)15-6-5-10(13)12(3,4)7-15;/h10H,5-7,13H2,1-4H3;1H. The van der Waals surface area contributed by atoms with E-state index in [-0.39, 0.29) is 23.9 Å². The van der Waals surface area contributed by atoms with Crippen LogP contribution < -0.4 is 5.73 Å². The fourth-order valence-corrected chi connectivity index (χ4v) is 5.64. The van der Waals surface area contributed by atoms with Crippen molar-refractivity contribution < 1.29 is 8.42 Å². The molecule has 116 valence electrons. The molecule has 1 atom stereocenters. The van der Waals surface area contributed by atoms with Gasteiger partial charge < -0.3 is 5.73 Å². The number of piperidine rings is 1. The van der Waals surface area contributed by atoms with E-state index >= 15 is 0 Å². The average Bonchev–Trinajstić information content (AvgIpc) is 2.62. The molecule has 0 amide bonds. The summed E-state index contributed by atoms with van der Waals surface area (Å²) in [4.78, 5) is 4.21. The highest BCUT2D eigenvalue weighted by atomic mass is 35.5. The van der Waals surface area contributed by atoms with E-state index in [0.29, 0.717) is 29.4 Å². The SMILES string of the molecule is Cc1nc(C)c(S(=O)(=O)N2CCC(N)C(C)(C)C2)s1.Cl.